The third-order valence-corrected chi connectivity index (χ3v) is 5.83. The van der Waals surface area contributed by atoms with Crippen LogP contribution in [-0.4, -0.2) is 72.6 Å². The van der Waals surface area contributed by atoms with Gasteiger partial charge in [-0.25, -0.2) is 0 Å². The largest absolute Gasteiger partial charge is 0.507 e. The van der Waals surface area contributed by atoms with E-state index >= 15 is 0 Å². The fraction of sp³-hybridized carbons (Fsp3) is 0.385. The second kappa shape index (κ2) is 10.6. The van der Waals surface area contributed by atoms with Gasteiger partial charge in [-0.2, -0.15) is 0 Å². The Morgan fingerprint density at radius 2 is 1.88 bits per heavy atom. The number of phenols is 1. The molecule has 1 atom stereocenters. The minimum absolute atomic E-state index is 0.0104. The summed E-state index contributed by atoms with van der Waals surface area (Å²) in [4.78, 5) is 29.8. The highest BCUT2D eigenvalue weighted by Crippen LogP contribution is 2.42. The number of ether oxygens (including phenoxy) is 2. The highest BCUT2D eigenvalue weighted by atomic mass is 16.5. The van der Waals surface area contributed by atoms with Crippen molar-refractivity contribution in [2.75, 3.05) is 40.9 Å². The second-order valence-corrected chi connectivity index (χ2v) is 8.49. The summed E-state index contributed by atoms with van der Waals surface area (Å²) in [5.41, 5.74) is 1.73. The van der Waals surface area contributed by atoms with Crippen LogP contribution < -0.4 is 9.47 Å². The van der Waals surface area contributed by atoms with Gasteiger partial charge in [0.25, 0.3) is 11.7 Å². The molecule has 0 unspecified atom stereocenters. The zero-order chi connectivity index (χ0) is 25.0. The first-order valence-corrected chi connectivity index (χ1v) is 11.2. The van der Waals surface area contributed by atoms with E-state index < -0.39 is 17.7 Å². The van der Waals surface area contributed by atoms with E-state index in [1.54, 1.807) is 51.3 Å². The third kappa shape index (κ3) is 5.02. The van der Waals surface area contributed by atoms with E-state index in [-0.39, 0.29) is 22.8 Å². The first-order chi connectivity index (χ1) is 16.2. The van der Waals surface area contributed by atoms with Crippen LogP contribution in [0.3, 0.4) is 0 Å². The summed E-state index contributed by atoms with van der Waals surface area (Å²) in [5.74, 6) is -0.823. The topological polar surface area (TPSA) is 99.5 Å². The molecule has 0 saturated carbocycles. The van der Waals surface area contributed by atoms with E-state index in [1.165, 1.54) is 11.0 Å². The molecule has 3 rings (SSSR count). The summed E-state index contributed by atoms with van der Waals surface area (Å²) in [5, 5.41) is 21.5. The Hall–Kier alpha value is -3.52. The number of nitrogens with zero attached hydrogens (tertiary/aromatic N) is 2. The molecule has 0 bridgehead atoms. The maximum absolute atomic E-state index is 13.2. The summed E-state index contributed by atoms with van der Waals surface area (Å²) < 4.78 is 10.8. The van der Waals surface area contributed by atoms with Gasteiger partial charge in [-0.1, -0.05) is 6.07 Å². The smallest absolute Gasteiger partial charge is 0.295 e. The van der Waals surface area contributed by atoms with Crippen LogP contribution in [0.4, 0.5) is 0 Å². The first-order valence-electron chi connectivity index (χ1n) is 11.2. The number of phenolic OH excluding ortho intramolecular Hbond substituents is 1. The van der Waals surface area contributed by atoms with Gasteiger partial charge in [0.15, 0.2) is 11.5 Å². The number of aliphatic hydroxyl groups is 1. The van der Waals surface area contributed by atoms with Gasteiger partial charge < -0.3 is 29.5 Å². The van der Waals surface area contributed by atoms with Crippen molar-refractivity contribution in [1.82, 2.24) is 9.80 Å². The lowest BCUT2D eigenvalue weighted by atomic mass is 9.93. The maximum Gasteiger partial charge on any atom is 0.295 e. The standard InChI is InChI=1S/C26H32N2O6/c1-6-34-21-15-17(8-11-20(21)29)23-22(24(30)19-10-9-18(33-5)14-16(19)2)25(31)26(32)28(23)13-7-12-27(3)4/h8-11,14-15,23,29-30H,6-7,12-13H2,1-5H3/t23-/m1/s1. The van der Waals surface area contributed by atoms with E-state index in [0.29, 0.717) is 42.0 Å². The summed E-state index contributed by atoms with van der Waals surface area (Å²) in [6, 6.07) is 9.03. The van der Waals surface area contributed by atoms with Crippen LogP contribution in [0.2, 0.25) is 0 Å². The first kappa shape index (κ1) is 25.1. The van der Waals surface area contributed by atoms with Gasteiger partial charge in [-0.3, -0.25) is 9.59 Å². The number of carbonyl (C=O) groups is 2. The lowest BCUT2D eigenvalue weighted by Crippen LogP contribution is -2.32. The van der Waals surface area contributed by atoms with Crippen LogP contribution >= 0.6 is 0 Å². The molecule has 2 aromatic carbocycles. The Bertz CT molecular complexity index is 1110. The van der Waals surface area contributed by atoms with Gasteiger partial charge in [0, 0.05) is 12.1 Å². The van der Waals surface area contributed by atoms with E-state index in [4.69, 9.17) is 9.47 Å². The van der Waals surface area contributed by atoms with Crippen LogP contribution in [0.1, 0.15) is 36.1 Å². The SMILES string of the molecule is CCOc1cc([C@@H]2C(=C(O)c3ccc(OC)cc3C)C(=O)C(=O)N2CCCN(C)C)ccc1O. The van der Waals surface area contributed by atoms with Gasteiger partial charge in [0.1, 0.15) is 11.5 Å². The van der Waals surface area contributed by atoms with Crippen molar-refractivity contribution < 1.29 is 29.3 Å². The number of aromatic hydroxyl groups is 1. The Morgan fingerprint density at radius 1 is 1.15 bits per heavy atom. The number of Topliss-reactive ketones (excluding diaryl/α,β-unsaturated/α-hetero) is 1. The maximum atomic E-state index is 13.2. The summed E-state index contributed by atoms with van der Waals surface area (Å²) in [7, 11) is 5.42. The van der Waals surface area contributed by atoms with Crippen molar-refractivity contribution in [3.8, 4) is 17.2 Å². The van der Waals surface area contributed by atoms with Crippen molar-refractivity contribution in [1.29, 1.82) is 0 Å². The average molecular weight is 469 g/mol. The monoisotopic (exact) mass is 468 g/mol. The Morgan fingerprint density at radius 3 is 2.50 bits per heavy atom. The van der Waals surface area contributed by atoms with Crippen molar-refractivity contribution in [2.45, 2.75) is 26.3 Å². The highest BCUT2D eigenvalue weighted by molar-refractivity contribution is 6.46. The third-order valence-electron chi connectivity index (χ3n) is 5.83. The molecule has 0 aromatic heterocycles. The average Bonchev–Trinajstić information content (AvgIpc) is 3.05. The molecular formula is C26H32N2O6. The molecule has 1 saturated heterocycles. The zero-order valence-corrected chi connectivity index (χ0v) is 20.3. The minimum Gasteiger partial charge on any atom is -0.507 e. The van der Waals surface area contributed by atoms with Gasteiger partial charge in [0.2, 0.25) is 0 Å². The molecule has 1 aliphatic rings. The number of aryl methyl sites for hydroxylation is 1. The number of hydrogen-bond acceptors (Lipinski definition) is 7. The molecule has 1 heterocycles. The molecule has 34 heavy (non-hydrogen) atoms. The molecule has 182 valence electrons. The van der Waals surface area contributed by atoms with E-state index in [1.807, 2.05) is 19.0 Å². The van der Waals surface area contributed by atoms with Crippen molar-refractivity contribution in [3.05, 3.63) is 58.7 Å². The van der Waals surface area contributed by atoms with E-state index in [2.05, 4.69) is 0 Å². The predicted molar refractivity (Wildman–Crippen MR) is 129 cm³/mol. The molecule has 0 spiro atoms. The number of carbonyl (C=O) groups excluding carboxylic acids is 2. The number of benzene rings is 2. The van der Waals surface area contributed by atoms with Crippen LogP contribution in [-0.2, 0) is 9.59 Å². The van der Waals surface area contributed by atoms with Crippen LogP contribution in [0, 0.1) is 6.92 Å². The van der Waals surface area contributed by atoms with Gasteiger partial charge in [-0.15, -0.1) is 0 Å². The lowest BCUT2D eigenvalue weighted by molar-refractivity contribution is -0.139. The molecule has 2 N–H and O–H groups in total. The molecule has 1 aliphatic heterocycles. The number of methoxy groups -OCH3 is 1. The number of likely N-dealkylation sites (tertiary alicyclic amines) is 1. The van der Waals surface area contributed by atoms with Gasteiger partial charge in [-0.05, 0) is 82.4 Å². The Labute approximate surface area is 200 Å². The number of hydrogen-bond donors (Lipinski definition) is 2. The summed E-state index contributed by atoms with van der Waals surface area (Å²) in [6.07, 6.45) is 0.647. The lowest BCUT2D eigenvalue weighted by Gasteiger charge is -2.26. The number of aliphatic hydroxyl groups excluding tert-OH is 1. The van der Waals surface area contributed by atoms with E-state index in [9.17, 15) is 19.8 Å². The van der Waals surface area contributed by atoms with Gasteiger partial charge >= 0.3 is 0 Å². The Kier molecular flexibility index (Phi) is 7.83. The van der Waals surface area contributed by atoms with Crippen molar-refractivity contribution in [2.24, 2.45) is 0 Å². The zero-order valence-electron chi connectivity index (χ0n) is 20.3. The molecule has 0 aliphatic carbocycles. The quantitative estimate of drug-likeness (QED) is 0.330. The van der Waals surface area contributed by atoms with Crippen LogP contribution in [0.15, 0.2) is 42.0 Å². The molecule has 0 radical (unpaired) electrons. The molecule has 8 heteroatoms. The van der Waals surface area contributed by atoms with Crippen LogP contribution in [0.5, 0.6) is 17.2 Å². The molecular weight excluding hydrogens is 436 g/mol. The molecule has 8 nitrogen and oxygen atoms in total. The Balaban J connectivity index is 2.16. The molecule has 2 aromatic rings. The fourth-order valence-electron chi connectivity index (χ4n) is 4.16. The summed E-state index contributed by atoms with van der Waals surface area (Å²) in [6.45, 7) is 4.99. The number of amides is 1. The van der Waals surface area contributed by atoms with Crippen molar-refractivity contribution in [3.63, 3.8) is 0 Å². The molecule has 1 amide bonds. The highest BCUT2D eigenvalue weighted by Gasteiger charge is 2.46. The normalized spacial score (nSPS) is 17.5. The molecule has 1 fully saturated rings. The number of ketones is 1. The fourth-order valence-corrected chi connectivity index (χ4v) is 4.16. The van der Waals surface area contributed by atoms with E-state index in [0.717, 1.165) is 6.54 Å². The predicted octanol–water partition coefficient (Wildman–Crippen LogP) is 3.48. The van der Waals surface area contributed by atoms with Crippen LogP contribution in [0.25, 0.3) is 5.76 Å². The second-order valence-electron chi connectivity index (χ2n) is 8.49. The van der Waals surface area contributed by atoms with Gasteiger partial charge in [0.05, 0.1) is 25.3 Å². The number of rotatable bonds is 9. The van der Waals surface area contributed by atoms with Crippen molar-refractivity contribution >= 4 is 17.4 Å². The summed E-state index contributed by atoms with van der Waals surface area (Å²) >= 11 is 0. The minimum atomic E-state index is -0.816.